The first kappa shape index (κ1) is 20.8. The van der Waals surface area contributed by atoms with Crippen molar-refractivity contribution in [2.75, 3.05) is 72.3 Å². The number of nitrogens with zero attached hydrogens (tertiary/aromatic N) is 2. The van der Waals surface area contributed by atoms with Crippen LogP contribution in [0.2, 0.25) is 0 Å². The minimum absolute atomic E-state index is 0.220. The van der Waals surface area contributed by atoms with Gasteiger partial charge in [0.2, 0.25) is 0 Å². The highest BCUT2D eigenvalue weighted by Gasteiger charge is 2.17. The van der Waals surface area contributed by atoms with E-state index in [1.807, 2.05) is 0 Å². The van der Waals surface area contributed by atoms with E-state index in [9.17, 15) is 9.59 Å². The van der Waals surface area contributed by atoms with Crippen molar-refractivity contribution < 1.29 is 28.9 Å². The number of carbonyl (C=O) groups is 2. The van der Waals surface area contributed by atoms with Crippen molar-refractivity contribution in [1.82, 2.24) is 9.80 Å². The molecule has 0 bridgehead atoms. The SMILES string of the molecule is O=C(O)/C=C(\CCN1CCOCC1)C(=O)OCCCCN1CCOCC1. The number of hydrogen-bond acceptors (Lipinski definition) is 7. The summed E-state index contributed by atoms with van der Waals surface area (Å²) in [6.45, 7) is 8.33. The predicted molar refractivity (Wildman–Crippen MR) is 95.0 cm³/mol. The largest absolute Gasteiger partial charge is 0.478 e. The molecule has 0 unspecified atom stereocenters. The molecule has 0 saturated carbocycles. The molecule has 0 atom stereocenters. The molecule has 148 valence electrons. The lowest BCUT2D eigenvalue weighted by molar-refractivity contribution is -0.140. The third-order valence-corrected chi connectivity index (χ3v) is 4.57. The first-order valence-corrected chi connectivity index (χ1v) is 9.36. The summed E-state index contributed by atoms with van der Waals surface area (Å²) in [6.07, 6.45) is 3.06. The molecule has 0 aromatic heterocycles. The molecule has 8 heteroatoms. The van der Waals surface area contributed by atoms with Crippen LogP contribution in [0.5, 0.6) is 0 Å². The van der Waals surface area contributed by atoms with Crippen LogP contribution in [0, 0.1) is 0 Å². The summed E-state index contributed by atoms with van der Waals surface area (Å²) in [6, 6.07) is 0. The summed E-state index contributed by atoms with van der Waals surface area (Å²) < 4.78 is 15.9. The monoisotopic (exact) mass is 370 g/mol. The van der Waals surface area contributed by atoms with Crippen molar-refractivity contribution in [1.29, 1.82) is 0 Å². The molecule has 0 aliphatic carbocycles. The minimum Gasteiger partial charge on any atom is -0.478 e. The lowest BCUT2D eigenvalue weighted by Crippen LogP contribution is -2.37. The fourth-order valence-electron chi connectivity index (χ4n) is 3.01. The number of esters is 1. The van der Waals surface area contributed by atoms with E-state index in [1.54, 1.807) is 0 Å². The summed E-state index contributed by atoms with van der Waals surface area (Å²) in [4.78, 5) is 27.7. The Balaban J connectivity index is 1.65. The Morgan fingerprint density at radius 1 is 0.923 bits per heavy atom. The van der Waals surface area contributed by atoms with Gasteiger partial charge in [-0.15, -0.1) is 0 Å². The Morgan fingerprint density at radius 2 is 1.50 bits per heavy atom. The van der Waals surface area contributed by atoms with Crippen molar-refractivity contribution in [2.24, 2.45) is 0 Å². The number of hydrogen-bond donors (Lipinski definition) is 1. The molecule has 1 N–H and O–H groups in total. The molecular formula is C18H30N2O6. The van der Waals surface area contributed by atoms with E-state index in [1.165, 1.54) is 0 Å². The van der Waals surface area contributed by atoms with Gasteiger partial charge in [-0.3, -0.25) is 9.80 Å². The standard InChI is InChI=1S/C18H30N2O6/c21-17(22)15-16(3-5-20-8-13-25-14-9-20)18(23)26-10-2-1-4-19-6-11-24-12-7-19/h15H,1-14H2,(H,21,22)/b16-15+. The van der Waals surface area contributed by atoms with Crippen LogP contribution in [0.3, 0.4) is 0 Å². The second kappa shape index (κ2) is 12.0. The van der Waals surface area contributed by atoms with Gasteiger partial charge < -0.3 is 19.3 Å². The molecule has 0 spiro atoms. The maximum Gasteiger partial charge on any atom is 0.334 e. The van der Waals surface area contributed by atoms with Gasteiger partial charge in [0.1, 0.15) is 0 Å². The van der Waals surface area contributed by atoms with Gasteiger partial charge in [0.05, 0.1) is 33.0 Å². The van der Waals surface area contributed by atoms with Gasteiger partial charge in [-0.25, -0.2) is 9.59 Å². The first-order chi connectivity index (χ1) is 12.6. The van der Waals surface area contributed by atoms with Crippen molar-refractivity contribution in [3.63, 3.8) is 0 Å². The van der Waals surface area contributed by atoms with E-state index < -0.39 is 11.9 Å². The Morgan fingerprint density at radius 3 is 2.08 bits per heavy atom. The zero-order chi connectivity index (χ0) is 18.6. The summed E-state index contributed by atoms with van der Waals surface area (Å²) in [5, 5.41) is 8.99. The molecule has 2 heterocycles. The van der Waals surface area contributed by atoms with E-state index in [0.717, 1.165) is 64.9 Å². The second-order valence-corrected chi connectivity index (χ2v) is 6.51. The Labute approximate surface area is 154 Å². The molecule has 2 rings (SSSR count). The van der Waals surface area contributed by atoms with Crippen molar-refractivity contribution in [3.8, 4) is 0 Å². The predicted octanol–water partition coefficient (Wildman–Crippen LogP) is 0.375. The maximum absolute atomic E-state index is 12.2. The van der Waals surface area contributed by atoms with Crippen LogP contribution in [0.15, 0.2) is 11.6 Å². The van der Waals surface area contributed by atoms with Crippen LogP contribution in [-0.2, 0) is 23.8 Å². The maximum atomic E-state index is 12.2. The minimum atomic E-state index is -1.12. The van der Waals surface area contributed by atoms with Crippen molar-refractivity contribution >= 4 is 11.9 Å². The number of morpholine rings is 2. The van der Waals surface area contributed by atoms with Gasteiger partial charge in [0.15, 0.2) is 0 Å². The van der Waals surface area contributed by atoms with E-state index in [0.29, 0.717) is 32.8 Å². The van der Waals surface area contributed by atoms with Gasteiger partial charge in [-0.05, 0) is 25.8 Å². The molecule has 2 aliphatic rings. The number of carboxylic acids is 1. The zero-order valence-electron chi connectivity index (χ0n) is 15.4. The van der Waals surface area contributed by atoms with Gasteiger partial charge in [-0.1, -0.05) is 0 Å². The van der Waals surface area contributed by atoms with Crippen LogP contribution in [0.25, 0.3) is 0 Å². The summed E-state index contributed by atoms with van der Waals surface area (Å²) in [5.41, 5.74) is 0.220. The fraction of sp³-hybridized carbons (Fsp3) is 0.778. The molecule has 0 aromatic rings. The highest BCUT2D eigenvalue weighted by atomic mass is 16.5. The highest BCUT2D eigenvalue weighted by molar-refractivity contribution is 5.95. The number of carbonyl (C=O) groups excluding carboxylic acids is 1. The van der Waals surface area contributed by atoms with Crippen LogP contribution in [0.4, 0.5) is 0 Å². The topological polar surface area (TPSA) is 88.5 Å². The lowest BCUT2D eigenvalue weighted by Gasteiger charge is -2.26. The van der Waals surface area contributed by atoms with Gasteiger partial charge in [0, 0.05) is 44.4 Å². The number of carboxylic acid groups (broad SMARTS) is 1. The van der Waals surface area contributed by atoms with E-state index >= 15 is 0 Å². The van der Waals surface area contributed by atoms with Gasteiger partial charge in [0.25, 0.3) is 0 Å². The zero-order valence-corrected chi connectivity index (χ0v) is 15.4. The number of rotatable bonds is 10. The summed E-state index contributed by atoms with van der Waals surface area (Å²) in [7, 11) is 0. The van der Waals surface area contributed by atoms with Gasteiger partial charge in [-0.2, -0.15) is 0 Å². The molecule has 8 nitrogen and oxygen atoms in total. The molecule has 2 saturated heterocycles. The van der Waals surface area contributed by atoms with E-state index in [2.05, 4.69) is 9.80 Å². The Hall–Kier alpha value is -1.48. The van der Waals surface area contributed by atoms with Crippen LogP contribution in [-0.4, -0.2) is 99.1 Å². The first-order valence-electron chi connectivity index (χ1n) is 9.36. The van der Waals surface area contributed by atoms with Crippen molar-refractivity contribution in [2.45, 2.75) is 19.3 Å². The average Bonchev–Trinajstić information content (AvgIpc) is 2.66. The quantitative estimate of drug-likeness (QED) is 0.335. The number of unbranched alkanes of at least 4 members (excludes halogenated alkanes) is 1. The molecule has 26 heavy (non-hydrogen) atoms. The lowest BCUT2D eigenvalue weighted by atomic mass is 10.1. The molecule has 2 fully saturated rings. The third kappa shape index (κ3) is 8.27. The van der Waals surface area contributed by atoms with Crippen LogP contribution < -0.4 is 0 Å². The van der Waals surface area contributed by atoms with Crippen LogP contribution in [0.1, 0.15) is 19.3 Å². The molecule has 0 radical (unpaired) electrons. The highest BCUT2D eigenvalue weighted by Crippen LogP contribution is 2.09. The Bertz CT molecular complexity index is 470. The number of ether oxygens (including phenoxy) is 3. The van der Waals surface area contributed by atoms with E-state index in [4.69, 9.17) is 19.3 Å². The fourth-order valence-corrected chi connectivity index (χ4v) is 3.01. The molecule has 0 amide bonds. The second-order valence-electron chi connectivity index (χ2n) is 6.51. The normalized spacial score (nSPS) is 20.1. The smallest absolute Gasteiger partial charge is 0.334 e. The van der Waals surface area contributed by atoms with Gasteiger partial charge >= 0.3 is 11.9 Å². The Kier molecular flexibility index (Phi) is 9.62. The number of aliphatic carboxylic acids is 1. The summed E-state index contributed by atoms with van der Waals surface area (Å²) >= 11 is 0. The van der Waals surface area contributed by atoms with E-state index in [-0.39, 0.29) is 5.57 Å². The van der Waals surface area contributed by atoms with Crippen molar-refractivity contribution in [3.05, 3.63) is 11.6 Å². The average molecular weight is 370 g/mol. The summed E-state index contributed by atoms with van der Waals surface area (Å²) in [5.74, 6) is -1.64. The molecular weight excluding hydrogens is 340 g/mol. The van der Waals surface area contributed by atoms with Crippen LogP contribution >= 0.6 is 0 Å². The molecule has 2 aliphatic heterocycles. The molecule has 0 aromatic carbocycles. The third-order valence-electron chi connectivity index (χ3n) is 4.57.